The molecule has 0 saturated heterocycles. The molecular weight excluding hydrogens is 277 g/mol. The number of alkyl halides is 3. The fourth-order valence-corrected chi connectivity index (χ4v) is 2.76. The number of halogens is 3. The topological polar surface area (TPSA) is 24.9 Å². The van der Waals surface area contributed by atoms with Crippen molar-refractivity contribution in [2.45, 2.75) is 31.5 Å². The van der Waals surface area contributed by atoms with E-state index in [1.165, 1.54) is 11.6 Å². The van der Waals surface area contributed by atoms with E-state index in [0.29, 0.717) is 0 Å². The lowest BCUT2D eigenvalue weighted by Gasteiger charge is -2.27. The lowest BCUT2D eigenvalue weighted by molar-refractivity contribution is -0.141. The van der Waals surface area contributed by atoms with E-state index in [4.69, 9.17) is 0 Å². The van der Waals surface area contributed by atoms with Gasteiger partial charge in [-0.1, -0.05) is 30.3 Å². The van der Waals surface area contributed by atoms with Crippen LogP contribution in [0.4, 0.5) is 19.0 Å². The number of aromatic nitrogens is 1. The molecule has 1 aromatic carbocycles. The van der Waals surface area contributed by atoms with Crippen molar-refractivity contribution < 1.29 is 13.2 Å². The first-order valence-corrected chi connectivity index (χ1v) is 6.92. The van der Waals surface area contributed by atoms with E-state index in [1.54, 1.807) is 6.07 Å². The number of rotatable bonds is 2. The summed E-state index contributed by atoms with van der Waals surface area (Å²) < 4.78 is 38.1. The summed E-state index contributed by atoms with van der Waals surface area (Å²) in [6.07, 6.45) is -1.48. The molecule has 0 bridgehead atoms. The Morgan fingerprint density at radius 1 is 1.05 bits per heavy atom. The van der Waals surface area contributed by atoms with E-state index < -0.39 is 11.9 Å². The van der Waals surface area contributed by atoms with Crippen LogP contribution in [0, 0.1) is 0 Å². The van der Waals surface area contributed by atoms with Crippen LogP contribution in [0.5, 0.6) is 0 Å². The third-order valence-corrected chi connectivity index (χ3v) is 3.73. The summed E-state index contributed by atoms with van der Waals surface area (Å²) in [4.78, 5) is 3.67. The normalized spacial score (nSPS) is 18.1. The number of hydrogen-bond acceptors (Lipinski definition) is 2. The highest BCUT2D eigenvalue weighted by molar-refractivity contribution is 5.42. The number of nitrogens with zero attached hydrogens (tertiary/aromatic N) is 1. The summed E-state index contributed by atoms with van der Waals surface area (Å²) in [5.74, 6) is 0.270. The van der Waals surface area contributed by atoms with Gasteiger partial charge in [0.1, 0.15) is 11.5 Å². The van der Waals surface area contributed by atoms with Crippen molar-refractivity contribution >= 4 is 5.82 Å². The van der Waals surface area contributed by atoms with Crippen molar-refractivity contribution in [1.82, 2.24) is 4.98 Å². The van der Waals surface area contributed by atoms with Crippen LogP contribution in [-0.2, 0) is 12.6 Å². The quantitative estimate of drug-likeness (QED) is 0.875. The first-order chi connectivity index (χ1) is 10.0. The molecule has 0 amide bonds. The van der Waals surface area contributed by atoms with Gasteiger partial charge in [-0.3, -0.25) is 0 Å². The minimum absolute atomic E-state index is 0.0194. The van der Waals surface area contributed by atoms with Crippen LogP contribution in [0.15, 0.2) is 42.5 Å². The molecular formula is C16H15F3N2. The maximum Gasteiger partial charge on any atom is 0.433 e. The number of hydrogen-bond donors (Lipinski definition) is 1. The van der Waals surface area contributed by atoms with E-state index >= 15 is 0 Å². The monoisotopic (exact) mass is 292 g/mol. The Hall–Kier alpha value is -2.04. The average Bonchev–Trinajstić information content (AvgIpc) is 2.47. The van der Waals surface area contributed by atoms with Crippen LogP contribution in [0.2, 0.25) is 0 Å². The summed E-state index contributed by atoms with van der Waals surface area (Å²) in [5.41, 5.74) is 1.55. The highest BCUT2D eigenvalue weighted by Crippen LogP contribution is 2.33. The van der Waals surface area contributed by atoms with Crippen molar-refractivity contribution in [1.29, 1.82) is 0 Å². The summed E-state index contributed by atoms with van der Waals surface area (Å²) in [6, 6.07) is 12.0. The molecule has 1 aliphatic rings. The third-order valence-electron chi connectivity index (χ3n) is 3.73. The smallest absolute Gasteiger partial charge is 0.363 e. The van der Waals surface area contributed by atoms with Crippen LogP contribution >= 0.6 is 0 Å². The van der Waals surface area contributed by atoms with E-state index in [0.717, 1.165) is 30.9 Å². The van der Waals surface area contributed by atoms with E-state index in [1.807, 2.05) is 18.2 Å². The maximum atomic E-state index is 12.7. The highest BCUT2D eigenvalue weighted by atomic mass is 19.4. The predicted octanol–water partition coefficient (Wildman–Crippen LogP) is 4.59. The van der Waals surface area contributed by atoms with E-state index in [9.17, 15) is 13.2 Å². The van der Waals surface area contributed by atoms with Gasteiger partial charge in [0.2, 0.25) is 0 Å². The number of fused-ring (bicyclic) bond motifs is 1. The molecule has 1 atom stereocenters. The van der Waals surface area contributed by atoms with Crippen molar-refractivity contribution in [2.24, 2.45) is 0 Å². The van der Waals surface area contributed by atoms with Gasteiger partial charge in [-0.25, -0.2) is 4.98 Å². The van der Waals surface area contributed by atoms with Gasteiger partial charge in [0, 0.05) is 0 Å². The molecule has 0 radical (unpaired) electrons. The predicted molar refractivity (Wildman–Crippen MR) is 75.0 cm³/mol. The van der Waals surface area contributed by atoms with Gasteiger partial charge in [0.05, 0.1) is 6.04 Å². The molecule has 2 aromatic rings. The van der Waals surface area contributed by atoms with Gasteiger partial charge in [-0.15, -0.1) is 0 Å². The Morgan fingerprint density at radius 3 is 2.67 bits per heavy atom. The Labute approximate surface area is 121 Å². The molecule has 0 fully saturated rings. The molecule has 0 aliphatic heterocycles. The zero-order valence-electron chi connectivity index (χ0n) is 11.3. The molecule has 110 valence electrons. The van der Waals surface area contributed by atoms with Gasteiger partial charge >= 0.3 is 6.18 Å². The molecule has 1 N–H and O–H groups in total. The molecule has 3 rings (SSSR count). The second kappa shape index (κ2) is 5.39. The summed E-state index contributed by atoms with van der Waals surface area (Å²) in [6.45, 7) is 0. The van der Waals surface area contributed by atoms with Crippen molar-refractivity contribution in [3.63, 3.8) is 0 Å². The standard InChI is InChI=1S/C16H15F3N2/c17-16(18,19)14-9-4-10-15(21-14)20-13-8-3-6-11-5-1-2-7-12(11)13/h1-2,4-5,7,9-10,13H,3,6,8H2,(H,20,21). The third kappa shape index (κ3) is 3.01. The highest BCUT2D eigenvalue weighted by Gasteiger charge is 2.32. The van der Waals surface area contributed by atoms with Gasteiger partial charge in [0.25, 0.3) is 0 Å². The SMILES string of the molecule is FC(F)(F)c1cccc(NC2CCCc3ccccc32)n1. The molecule has 1 aromatic heterocycles. The first-order valence-electron chi connectivity index (χ1n) is 6.92. The van der Waals surface area contributed by atoms with Crippen molar-refractivity contribution in [3.05, 3.63) is 59.3 Å². The molecule has 1 unspecified atom stereocenters. The number of pyridine rings is 1. The summed E-state index contributed by atoms with van der Waals surface area (Å²) in [7, 11) is 0. The molecule has 2 nitrogen and oxygen atoms in total. The lowest BCUT2D eigenvalue weighted by Crippen LogP contribution is -2.18. The Morgan fingerprint density at radius 2 is 1.86 bits per heavy atom. The van der Waals surface area contributed by atoms with Gasteiger partial charge in [-0.2, -0.15) is 13.2 Å². The van der Waals surface area contributed by atoms with Crippen LogP contribution < -0.4 is 5.32 Å². The summed E-state index contributed by atoms with van der Waals surface area (Å²) in [5, 5.41) is 3.14. The minimum atomic E-state index is -4.41. The van der Waals surface area contributed by atoms with Crippen molar-refractivity contribution in [2.75, 3.05) is 5.32 Å². The summed E-state index contributed by atoms with van der Waals surface area (Å²) >= 11 is 0. The van der Waals surface area contributed by atoms with Crippen molar-refractivity contribution in [3.8, 4) is 0 Å². The number of aryl methyl sites for hydroxylation is 1. The maximum absolute atomic E-state index is 12.7. The first kappa shape index (κ1) is 13.9. The molecule has 1 heterocycles. The van der Waals surface area contributed by atoms with Crippen LogP contribution in [0.1, 0.15) is 35.7 Å². The Kier molecular flexibility index (Phi) is 3.57. The molecule has 0 saturated carbocycles. The van der Waals surface area contributed by atoms with E-state index in [2.05, 4.69) is 16.4 Å². The largest absolute Gasteiger partial charge is 0.433 e. The van der Waals surface area contributed by atoms with Crippen LogP contribution in [-0.4, -0.2) is 4.98 Å². The van der Waals surface area contributed by atoms with Gasteiger partial charge < -0.3 is 5.32 Å². The lowest BCUT2D eigenvalue weighted by atomic mass is 9.88. The van der Waals surface area contributed by atoms with Gasteiger partial charge in [-0.05, 0) is 42.5 Å². The van der Waals surface area contributed by atoms with Gasteiger partial charge in [0.15, 0.2) is 0 Å². The Balaban J connectivity index is 1.85. The Bertz CT molecular complexity index is 637. The zero-order chi connectivity index (χ0) is 14.9. The number of benzene rings is 1. The zero-order valence-corrected chi connectivity index (χ0v) is 11.3. The fourth-order valence-electron chi connectivity index (χ4n) is 2.76. The second-order valence-corrected chi connectivity index (χ2v) is 5.19. The van der Waals surface area contributed by atoms with E-state index in [-0.39, 0.29) is 11.9 Å². The average molecular weight is 292 g/mol. The molecule has 5 heteroatoms. The number of anilines is 1. The van der Waals surface area contributed by atoms with Crippen LogP contribution in [0.25, 0.3) is 0 Å². The fraction of sp³-hybridized carbons (Fsp3) is 0.312. The minimum Gasteiger partial charge on any atom is -0.363 e. The second-order valence-electron chi connectivity index (χ2n) is 5.19. The molecule has 0 spiro atoms. The molecule has 21 heavy (non-hydrogen) atoms. The van der Waals surface area contributed by atoms with Crippen LogP contribution in [0.3, 0.4) is 0 Å². The molecule has 1 aliphatic carbocycles. The number of nitrogens with one attached hydrogen (secondary N) is 1.